The van der Waals surface area contributed by atoms with E-state index in [1.807, 2.05) is 17.8 Å². The summed E-state index contributed by atoms with van der Waals surface area (Å²) in [5, 5.41) is 8.13. The SMILES string of the molecule is CCNC(=NCc1c(CC)nn(C)c1CC)N1CCN(c2ncccn2)CC1.I. The van der Waals surface area contributed by atoms with Crippen LogP contribution in [-0.4, -0.2) is 63.3 Å². The first kappa shape index (κ1) is 23.4. The summed E-state index contributed by atoms with van der Waals surface area (Å²) in [6.07, 6.45) is 5.50. The van der Waals surface area contributed by atoms with Crippen LogP contribution in [0.4, 0.5) is 5.95 Å². The Morgan fingerprint density at radius 3 is 2.34 bits per heavy atom. The second kappa shape index (κ2) is 11.3. The van der Waals surface area contributed by atoms with Gasteiger partial charge in [-0.3, -0.25) is 4.68 Å². The number of aromatic nitrogens is 4. The van der Waals surface area contributed by atoms with Crippen molar-refractivity contribution < 1.29 is 0 Å². The van der Waals surface area contributed by atoms with Crippen LogP contribution in [-0.2, 0) is 26.4 Å². The lowest BCUT2D eigenvalue weighted by Crippen LogP contribution is -2.53. The van der Waals surface area contributed by atoms with E-state index >= 15 is 0 Å². The molecule has 1 aliphatic heterocycles. The molecule has 0 spiro atoms. The maximum absolute atomic E-state index is 4.96. The van der Waals surface area contributed by atoms with Gasteiger partial charge in [0, 0.05) is 63.4 Å². The lowest BCUT2D eigenvalue weighted by atomic mass is 10.1. The van der Waals surface area contributed by atoms with E-state index in [9.17, 15) is 0 Å². The van der Waals surface area contributed by atoms with E-state index in [1.165, 1.54) is 11.3 Å². The van der Waals surface area contributed by atoms with Crippen molar-refractivity contribution in [1.29, 1.82) is 0 Å². The number of halogens is 1. The van der Waals surface area contributed by atoms with E-state index in [0.717, 1.165) is 63.2 Å². The minimum Gasteiger partial charge on any atom is -0.357 e. The minimum absolute atomic E-state index is 0. The summed E-state index contributed by atoms with van der Waals surface area (Å²) < 4.78 is 2.01. The summed E-state index contributed by atoms with van der Waals surface area (Å²) in [6.45, 7) is 11.6. The number of aryl methyl sites for hydroxylation is 2. The first-order chi connectivity index (χ1) is 13.7. The van der Waals surface area contributed by atoms with Gasteiger partial charge in [-0.2, -0.15) is 5.10 Å². The summed E-state index contributed by atoms with van der Waals surface area (Å²) in [7, 11) is 2.03. The summed E-state index contributed by atoms with van der Waals surface area (Å²) in [5.74, 6) is 1.78. The van der Waals surface area contributed by atoms with Gasteiger partial charge in [-0.05, 0) is 25.8 Å². The summed E-state index contributed by atoms with van der Waals surface area (Å²) in [5.41, 5.74) is 3.71. The Bertz CT molecular complexity index is 781. The summed E-state index contributed by atoms with van der Waals surface area (Å²) in [6, 6.07) is 1.85. The molecule has 160 valence electrons. The first-order valence-electron chi connectivity index (χ1n) is 10.3. The van der Waals surface area contributed by atoms with Crippen LogP contribution in [0.3, 0.4) is 0 Å². The van der Waals surface area contributed by atoms with Gasteiger partial charge in [0.1, 0.15) is 0 Å². The van der Waals surface area contributed by atoms with Gasteiger partial charge < -0.3 is 15.1 Å². The maximum Gasteiger partial charge on any atom is 0.225 e. The zero-order chi connectivity index (χ0) is 19.9. The molecule has 3 rings (SSSR count). The highest BCUT2D eigenvalue weighted by Gasteiger charge is 2.21. The van der Waals surface area contributed by atoms with E-state index in [-0.39, 0.29) is 24.0 Å². The molecule has 0 radical (unpaired) electrons. The Labute approximate surface area is 190 Å². The molecule has 0 unspecified atom stereocenters. The van der Waals surface area contributed by atoms with Crippen molar-refractivity contribution in [1.82, 2.24) is 30.0 Å². The molecular weight excluding hydrogens is 479 g/mol. The van der Waals surface area contributed by atoms with Crippen LogP contribution in [0.1, 0.15) is 37.7 Å². The van der Waals surface area contributed by atoms with Crippen molar-refractivity contribution in [2.45, 2.75) is 40.2 Å². The monoisotopic (exact) mass is 512 g/mol. The van der Waals surface area contributed by atoms with Crippen LogP contribution in [0.2, 0.25) is 0 Å². The molecular formula is C20H33IN8. The molecule has 29 heavy (non-hydrogen) atoms. The predicted octanol–water partition coefficient (Wildman–Crippen LogP) is 2.24. The lowest BCUT2D eigenvalue weighted by Gasteiger charge is -2.36. The van der Waals surface area contributed by atoms with E-state index in [1.54, 1.807) is 12.4 Å². The number of nitrogens with zero attached hydrogens (tertiary/aromatic N) is 7. The third kappa shape index (κ3) is 5.58. The third-order valence-electron chi connectivity index (χ3n) is 5.16. The van der Waals surface area contributed by atoms with Crippen molar-refractivity contribution in [3.63, 3.8) is 0 Å². The van der Waals surface area contributed by atoms with Crippen LogP contribution in [0.25, 0.3) is 0 Å². The molecule has 0 aliphatic carbocycles. The summed E-state index contributed by atoms with van der Waals surface area (Å²) >= 11 is 0. The molecule has 1 aliphatic rings. The second-order valence-electron chi connectivity index (χ2n) is 6.90. The van der Waals surface area contributed by atoms with Gasteiger partial charge in [0.2, 0.25) is 5.95 Å². The lowest BCUT2D eigenvalue weighted by molar-refractivity contribution is 0.370. The van der Waals surface area contributed by atoms with E-state index in [0.29, 0.717) is 6.54 Å². The van der Waals surface area contributed by atoms with E-state index in [4.69, 9.17) is 4.99 Å². The smallest absolute Gasteiger partial charge is 0.225 e. The number of anilines is 1. The Morgan fingerprint density at radius 2 is 1.76 bits per heavy atom. The molecule has 9 heteroatoms. The minimum atomic E-state index is 0. The fourth-order valence-electron chi connectivity index (χ4n) is 3.73. The fraction of sp³-hybridized carbons (Fsp3) is 0.600. The van der Waals surface area contributed by atoms with Crippen LogP contribution in [0.15, 0.2) is 23.5 Å². The van der Waals surface area contributed by atoms with Gasteiger partial charge in [0.25, 0.3) is 0 Å². The van der Waals surface area contributed by atoms with E-state index in [2.05, 4.69) is 51.0 Å². The molecule has 0 saturated carbocycles. The Kier molecular flexibility index (Phi) is 9.12. The molecule has 1 fully saturated rings. The molecule has 3 heterocycles. The largest absolute Gasteiger partial charge is 0.357 e. The maximum atomic E-state index is 4.96. The molecule has 0 atom stereocenters. The first-order valence-corrected chi connectivity index (χ1v) is 10.3. The summed E-state index contributed by atoms with van der Waals surface area (Å²) in [4.78, 5) is 18.3. The highest BCUT2D eigenvalue weighted by molar-refractivity contribution is 14.0. The zero-order valence-electron chi connectivity index (χ0n) is 17.9. The molecule has 2 aromatic rings. The van der Waals surface area contributed by atoms with Crippen molar-refractivity contribution >= 4 is 35.9 Å². The molecule has 0 aromatic carbocycles. The predicted molar refractivity (Wildman–Crippen MR) is 128 cm³/mol. The molecule has 1 N–H and O–H groups in total. The Balaban J connectivity index is 0.00000300. The van der Waals surface area contributed by atoms with Gasteiger partial charge in [0.15, 0.2) is 5.96 Å². The van der Waals surface area contributed by atoms with Crippen molar-refractivity contribution in [3.8, 4) is 0 Å². The standard InChI is InChI=1S/C20H32N8.HI/c1-5-17-16(18(6-2)26(4)25-17)15-24-19(21-7-3)27-11-13-28(14-12-27)20-22-9-8-10-23-20;/h8-10H,5-7,11-15H2,1-4H3,(H,21,24);1H. The average molecular weight is 512 g/mol. The number of hydrogen-bond acceptors (Lipinski definition) is 5. The Morgan fingerprint density at radius 1 is 1.07 bits per heavy atom. The van der Waals surface area contributed by atoms with Crippen LogP contribution in [0.5, 0.6) is 0 Å². The fourth-order valence-corrected chi connectivity index (χ4v) is 3.73. The van der Waals surface area contributed by atoms with Crippen LogP contribution >= 0.6 is 24.0 Å². The second-order valence-corrected chi connectivity index (χ2v) is 6.90. The topological polar surface area (TPSA) is 74.5 Å². The third-order valence-corrected chi connectivity index (χ3v) is 5.16. The highest BCUT2D eigenvalue weighted by Crippen LogP contribution is 2.17. The molecule has 1 saturated heterocycles. The van der Waals surface area contributed by atoms with Crippen LogP contribution < -0.4 is 10.2 Å². The molecule has 2 aromatic heterocycles. The van der Waals surface area contributed by atoms with Gasteiger partial charge in [-0.1, -0.05) is 13.8 Å². The number of guanidine groups is 1. The van der Waals surface area contributed by atoms with Gasteiger partial charge in [-0.15, -0.1) is 24.0 Å². The Hall–Kier alpha value is -1.91. The average Bonchev–Trinajstić information content (AvgIpc) is 3.06. The quantitative estimate of drug-likeness (QED) is 0.364. The van der Waals surface area contributed by atoms with Crippen molar-refractivity contribution in [2.24, 2.45) is 12.0 Å². The number of rotatable bonds is 6. The molecule has 0 bridgehead atoms. The molecule has 8 nitrogen and oxygen atoms in total. The van der Waals surface area contributed by atoms with Gasteiger partial charge in [-0.25, -0.2) is 15.0 Å². The number of piperazine rings is 1. The number of hydrogen-bond donors (Lipinski definition) is 1. The highest BCUT2D eigenvalue weighted by atomic mass is 127. The van der Waals surface area contributed by atoms with E-state index < -0.39 is 0 Å². The number of aliphatic imine (C=N–C) groups is 1. The van der Waals surface area contributed by atoms with Crippen molar-refractivity contribution in [2.75, 3.05) is 37.6 Å². The normalized spacial score (nSPS) is 14.7. The van der Waals surface area contributed by atoms with Gasteiger partial charge >= 0.3 is 0 Å². The van der Waals surface area contributed by atoms with Crippen LogP contribution in [0, 0.1) is 0 Å². The van der Waals surface area contributed by atoms with Crippen molar-refractivity contribution in [3.05, 3.63) is 35.4 Å². The molecule has 0 amide bonds. The number of nitrogens with one attached hydrogen (secondary N) is 1. The van der Waals surface area contributed by atoms with Gasteiger partial charge in [0.05, 0.1) is 12.2 Å². The zero-order valence-corrected chi connectivity index (χ0v) is 20.3.